The van der Waals surface area contributed by atoms with Crippen LogP contribution in [0.15, 0.2) is 48.5 Å². The van der Waals surface area contributed by atoms with E-state index >= 15 is 0 Å². The van der Waals surface area contributed by atoms with Crippen LogP contribution in [0.2, 0.25) is 0 Å². The minimum atomic E-state index is -1.38. The van der Waals surface area contributed by atoms with Gasteiger partial charge in [-0.1, -0.05) is 44.2 Å². The average Bonchev–Trinajstić information content (AvgIpc) is 2.56. The third-order valence-corrected chi connectivity index (χ3v) is 3.99. The minimum absolute atomic E-state index is 0. The van der Waals surface area contributed by atoms with Crippen molar-refractivity contribution in [2.24, 2.45) is 5.73 Å². The first-order chi connectivity index (χ1) is 11.8. The summed E-state index contributed by atoms with van der Waals surface area (Å²) in [5.41, 5.74) is 7.95. The van der Waals surface area contributed by atoms with Gasteiger partial charge in [0.05, 0.1) is 5.97 Å². The number of carbonyl (C=O) groups is 1. The maximum Gasteiger partial charge on any atom is 1.00 e. The fourth-order valence-electron chi connectivity index (χ4n) is 2.48. The van der Waals surface area contributed by atoms with Crippen LogP contribution < -0.4 is 40.4 Å². The predicted octanol–water partition coefficient (Wildman–Crippen LogP) is -0.00880. The molecular formula is C20H20F2NNaO2. The van der Waals surface area contributed by atoms with Gasteiger partial charge in [-0.2, -0.15) is 0 Å². The van der Waals surface area contributed by atoms with Crippen LogP contribution in [0.3, 0.4) is 0 Å². The molecule has 0 aromatic heterocycles. The van der Waals surface area contributed by atoms with Gasteiger partial charge >= 0.3 is 29.6 Å². The van der Waals surface area contributed by atoms with E-state index in [0.717, 1.165) is 17.7 Å². The van der Waals surface area contributed by atoms with Crippen LogP contribution in [0, 0.1) is 11.6 Å². The van der Waals surface area contributed by atoms with Crippen molar-refractivity contribution in [3.8, 4) is 0 Å². The van der Waals surface area contributed by atoms with Gasteiger partial charge in [-0.3, -0.25) is 0 Å². The molecule has 26 heavy (non-hydrogen) atoms. The number of carboxylic acid groups (broad SMARTS) is 1. The number of carboxylic acids is 1. The Morgan fingerprint density at radius 1 is 1.15 bits per heavy atom. The van der Waals surface area contributed by atoms with Crippen molar-refractivity contribution < 1.29 is 48.2 Å². The Balaban J connectivity index is 0.00000338. The standard InChI is InChI=1S/C20H21F2NO2.Na/c1-12(2)13-3-5-14(6-4-13)16(9-10-19(23)20(24)25)17-8-7-15(21)11-18(17)22;/h3-9,11-12,19H,10,23H2,1-2H3,(H,24,25);/q;+1/p-1. The van der Waals surface area contributed by atoms with E-state index in [4.69, 9.17) is 5.73 Å². The quantitative estimate of drug-likeness (QED) is 0.731. The molecular weight excluding hydrogens is 347 g/mol. The Morgan fingerprint density at radius 2 is 1.77 bits per heavy atom. The van der Waals surface area contributed by atoms with E-state index in [9.17, 15) is 18.7 Å². The van der Waals surface area contributed by atoms with E-state index in [1.54, 1.807) is 6.08 Å². The second-order valence-electron chi connectivity index (χ2n) is 6.18. The summed E-state index contributed by atoms with van der Waals surface area (Å²) >= 11 is 0. The first kappa shape index (κ1) is 22.5. The van der Waals surface area contributed by atoms with Gasteiger partial charge in [-0.15, -0.1) is 0 Å². The zero-order valence-electron chi connectivity index (χ0n) is 15.1. The van der Waals surface area contributed by atoms with E-state index in [2.05, 4.69) is 13.8 Å². The molecule has 2 rings (SSSR count). The van der Waals surface area contributed by atoms with Gasteiger partial charge in [0, 0.05) is 17.7 Å². The SMILES string of the molecule is CC(C)c1ccc(C(=CCC(N)C(=O)[O-])c2ccc(F)cc2F)cc1.[Na+]. The molecule has 0 aliphatic carbocycles. The Kier molecular flexibility index (Phi) is 8.63. The Labute approximate surface area is 174 Å². The van der Waals surface area contributed by atoms with Gasteiger partial charge in [0.1, 0.15) is 11.6 Å². The fourth-order valence-corrected chi connectivity index (χ4v) is 2.48. The maximum absolute atomic E-state index is 14.2. The monoisotopic (exact) mass is 367 g/mol. The molecule has 2 N–H and O–H groups in total. The van der Waals surface area contributed by atoms with Gasteiger partial charge < -0.3 is 15.6 Å². The molecule has 1 atom stereocenters. The molecule has 1 unspecified atom stereocenters. The summed E-state index contributed by atoms with van der Waals surface area (Å²) in [6.45, 7) is 4.12. The molecule has 6 heteroatoms. The number of carbonyl (C=O) groups excluding carboxylic acids is 1. The smallest absolute Gasteiger partial charge is 0.548 e. The third-order valence-electron chi connectivity index (χ3n) is 3.99. The summed E-state index contributed by atoms with van der Waals surface area (Å²) in [6, 6.07) is 9.59. The first-order valence-corrected chi connectivity index (χ1v) is 8.02. The summed E-state index contributed by atoms with van der Waals surface area (Å²) in [7, 11) is 0. The van der Waals surface area contributed by atoms with E-state index in [0.29, 0.717) is 17.1 Å². The van der Waals surface area contributed by atoms with Crippen molar-refractivity contribution in [2.75, 3.05) is 0 Å². The molecule has 3 nitrogen and oxygen atoms in total. The summed E-state index contributed by atoms with van der Waals surface area (Å²) in [4.78, 5) is 10.8. The van der Waals surface area contributed by atoms with Gasteiger partial charge in [0.15, 0.2) is 0 Å². The van der Waals surface area contributed by atoms with Crippen molar-refractivity contribution in [1.29, 1.82) is 0 Å². The molecule has 0 radical (unpaired) electrons. The van der Waals surface area contributed by atoms with Gasteiger partial charge in [-0.25, -0.2) is 8.78 Å². The maximum atomic E-state index is 14.2. The van der Waals surface area contributed by atoms with Crippen LogP contribution >= 0.6 is 0 Å². The molecule has 0 saturated carbocycles. The van der Waals surface area contributed by atoms with Gasteiger partial charge in [0.2, 0.25) is 0 Å². The number of benzene rings is 2. The fraction of sp³-hybridized carbons (Fsp3) is 0.250. The van der Waals surface area contributed by atoms with Crippen LogP contribution in [0.5, 0.6) is 0 Å². The molecule has 2 aromatic carbocycles. The molecule has 0 heterocycles. The number of nitrogens with two attached hydrogens (primary N) is 1. The molecule has 0 saturated heterocycles. The van der Waals surface area contributed by atoms with Crippen molar-refractivity contribution in [1.82, 2.24) is 0 Å². The molecule has 0 bridgehead atoms. The third kappa shape index (κ3) is 5.74. The zero-order valence-corrected chi connectivity index (χ0v) is 17.1. The Hall–Kier alpha value is -1.53. The van der Waals surface area contributed by atoms with E-state index in [1.807, 2.05) is 24.3 Å². The number of hydrogen-bond donors (Lipinski definition) is 1. The number of halogens is 2. The summed E-state index contributed by atoms with van der Waals surface area (Å²) in [5.74, 6) is -2.44. The van der Waals surface area contributed by atoms with Crippen LogP contribution in [-0.4, -0.2) is 12.0 Å². The summed E-state index contributed by atoms with van der Waals surface area (Å²) in [5, 5.41) is 10.8. The number of rotatable bonds is 6. The molecule has 0 fully saturated rings. The van der Waals surface area contributed by atoms with Crippen molar-refractivity contribution in [2.45, 2.75) is 32.2 Å². The molecule has 0 amide bonds. The predicted molar refractivity (Wildman–Crippen MR) is 91.6 cm³/mol. The van der Waals surface area contributed by atoms with Crippen LogP contribution in [-0.2, 0) is 4.79 Å². The zero-order chi connectivity index (χ0) is 18.6. The van der Waals surface area contributed by atoms with E-state index < -0.39 is 23.6 Å². The molecule has 0 aliphatic heterocycles. The first-order valence-electron chi connectivity index (χ1n) is 8.02. The van der Waals surface area contributed by atoms with Crippen LogP contribution in [0.25, 0.3) is 5.57 Å². The normalized spacial score (nSPS) is 12.6. The summed E-state index contributed by atoms with van der Waals surface area (Å²) < 4.78 is 27.4. The van der Waals surface area contributed by atoms with Crippen molar-refractivity contribution in [3.05, 3.63) is 76.9 Å². The second kappa shape index (κ2) is 9.97. The van der Waals surface area contributed by atoms with Crippen LogP contribution in [0.4, 0.5) is 8.78 Å². The van der Waals surface area contributed by atoms with Gasteiger partial charge in [0.25, 0.3) is 0 Å². The summed E-state index contributed by atoms with van der Waals surface area (Å²) in [6.07, 6.45) is 1.52. The topological polar surface area (TPSA) is 66.2 Å². The van der Waals surface area contributed by atoms with Gasteiger partial charge in [-0.05, 0) is 41.2 Å². The minimum Gasteiger partial charge on any atom is -0.548 e. The van der Waals surface area contributed by atoms with E-state index in [1.165, 1.54) is 6.07 Å². The largest absolute Gasteiger partial charge is 1.00 e. The Bertz CT molecular complexity index is 789. The molecule has 0 aliphatic rings. The average molecular weight is 367 g/mol. The number of aliphatic carboxylic acids is 1. The van der Waals surface area contributed by atoms with Crippen LogP contribution in [0.1, 0.15) is 42.9 Å². The van der Waals surface area contributed by atoms with E-state index in [-0.39, 0.29) is 41.5 Å². The molecule has 2 aromatic rings. The number of hydrogen-bond acceptors (Lipinski definition) is 3. The van der Waals surface area contributed by atoms with Crippen molar-refractivity contribution >= 4 is 11.5 Å². The molecule has 132 valence electrons. The van der Waals surface area contributed by atoms with Crippen molar-refractivity contribution in [3.63, 3.8) is 0 Å². The second-order valence-corrected chi connectivity index (χ2v) is 6.18. The molecule has 0 spiro atoms. The Morgan fingerprint density at radius 3 is 2.27 bits per heavy atom.